The van der Waals surface area contributed by atoms with E-state index in [9.17, 15) is 32.7 Å². The van der Waals surface area contributed by atoms with Crippen LogP contribution in [0, 0.1) is 5.92 Å². The minimum absolute atomic E-state index is 0.0302. The molecule has 2 heterocycles. The van der Waals surface area contributed by atoms with Crippen LogP contribution in [0.4, 0.5) is 26.3 Å². The lowest BCUT2D eigenvalue weighted by Crippen LogP contribution is -2.48. The Balaban J connectivity index is 1.90. The molecule has 0 bridgehead atoms. The smallest absolute Gasteiger partial charge is 0.416 e. The Morgan fingerprint density at radius 3 is 2.10 bits per heavy atom. The van der Waals surface area contributed by atoms with Gasteiger partial charge in [0.15, 0.2) is 0 Å². The number of aliphatic hydroxyl groups excluding tert-OH is 1. The van der Waals surface area contributed by atoms with E-state index in [1.807, 2.05) is 0 Å². The molecule has 3 aliphatic rings. The summed E-state index contributed by atoms with van der Waals surface area (Å²) in [6, 6.07) is 5.47. The van der Waals surface area contributed by atoms with Crippen molar-refractivity contribution in [2.45, 2.75) is 43.8 Å². The third-order valence-corrected chi connectivity index (χ3v) is 7.32. The molecule has 0 saturated carbocycles. The lowest BCUT2D eigenvalue weighted by molar-refractivity contribution is -0.169. The molecule has 2 aromatic carbocycles. The topological polar surface area (TPSA) is 89.9 Å². The van der Waals surface area contributed by atoms with Crippen LogP contribution in [0.3, 0.4) is 0 Å². The van der Waals surface area contributed by atoms with Crippen molar-refractivity contribution in [1.29, 1.82) is 0 Å². The van der Waals surface area contributed by atoms with Crippen molar-refractivity contribution < 1.29 is 55.3 Å². The van der Waals surface area contributed by atoms with Crippen molar-refractivity contribution in [2.24, 2.45) is 5.92 Å². The molecule has 0 spiro atoms. The maximum atomic E-state index is 15.6. The Bertz CT molecular complexity index is 1480. The van der Waals surface area contributed by atoms with E-state index in [-0.39, 0.29) is 29.5 Å². The molecule has 3 unspecified atom stereocenters. The molecule has 204 valence electrons. The minimum Gasteiger partial charge on any atom is -0.428 e. The molecule has 0 fully saturated rings. The van der Waals surface area contributed by atoms with E-state index in [2.05, 4.69) is 4.74 Å². The summed E-state index contributed by atoms with van der Waals surface area (Å²) in [6.07, 6.45) is -11.0. The second kappa shape index (κ2) is 8.80. The highest BCUT2D eigenvalue weighted by atomic mass is 19.4. The third kappa shape index (κ3) is 3.96. The van der Waals surface area contributed by atoms with Gasteiger partial charge < -0.3 is 14.6 Å². The highest BCUT2D eigenvalue weighted by Gasteiger charge is 2.61. The fourth-order valence-electron chi connectivity index (χ4n) is 5.46. The zero-order valence-electron chi connectivity index (χ0n) is 19.9. The van der Waals surface area contributed by atoms with Crippen molar-refractivity contribution in [2.75, 3.05) is 0 Å². The molecule has 2 aliphatic heterocycles. The maximum Gasteiger partial charge on any atom is 0.416 e. The number of benzene rings is 2. The van der Waals surface area contributed by atoms with E-state index in [0.717, 1.165) is 42.5 Å². The molecule has 0 radical (unpaired) electrons. The van der Waals surface area contributed by atoms with Crippen LogP contribution in [0.1, 0.15) is 73.8 Å². The second-order valence-electron chi connectivity index (χ2n) is 9.34. The Kier molecular flexibility index (Phi) is 6.02. The first-order valence-corrected chi connectivity index (χ1v) is 11.7. The summed E-state index contributed by atoms with van der Waals surface area (Å²) in [5, 5.41) is 9.94. The number of alkyl halides is 6. The maximum absolute atomic E-state index is 15.6. The average molecular weight is 552 g/mol. The van der Waals surface area contributed by atoms with E-state index >= 15 is 13.2 Å². The van der Waals surface area contributed by atoms with E-state index < -0.39 is 75.7 Å². The molecule has 6 nitrogen and oxygen atoms in total. The zero-order valence-corrected chi connectivity index (χ0v) is 19.9. The average Bonchev–Trinajstić information content (AvgIpc) is 3.31. The van der Waals surface area contributed by atoms with Gasteiger partial charge in [-0.15, -0.1) is 0 Å². The molecule has 1 aliphatic carbocycles. The van der Waals surface area contributed by atoms with Crippen LogP contribution in [-0.2, 0) is 14.9 Å². The number of carbonyl (C=O) groups excluding carboxylic acids is 3. The number of esters is 3. The first kappa shape index (κ1) is 26.7. The second-order valence-corrected chi connectivity index (χ2v) is 9.34. The molecule has 5 rings (SSSR count). The van der Waals surface area contributed by atoms with Crippen LogP contribution in [0.2, 0.25) is 0 Å². The van der Waals surface area contributed by atoms with Gasteiger partial charge in [0.2, 0.25) is 6.29 Å². The van der Waals surface area contributed by atoms with Gasteiger partial charge in [0.05, 0.1) is 22.3 Å². The number of ether oxygens (including phenoxy) is 2. The predicted octanol–water partition coefficient (Wildman–Crippen LogP) is 5.85. The van der Waals surface area contributed by atoms with Crippen molar-refractivity contribution in [3.05, 3.63) is 93.1 Å². The van der Waals surface area contributed by atoms with Gasteiger partial charge in [-0.3, -0.25) is 0 Å². The van der Waals surface area contributed by atoms with Crippen LogP contribution >= 0.6 is 0 Å². The minimum atomic E-state index is -5.32. The summed E-state index contributed by atoms with van der Waals surface area (Å²) in [4.78, 5) is 36.6. The first-order chi connectivity index (χ1) is 18.2. The zero-order chi connectivity index (χ0) is 28.5. The molecule has 3 atom stereocenters. The van der Waals surface area contributed by atoms with E-state index in [1.54, 1.807) is 0 Å². The number of aliphatic hydroxyl groups is 1. The summed E-state index contributed by atoms with van der Waals surface area (Å²) in [7, 11) is 0. The highest BCUT2D eigenvalue weighted by molar-refractivity contribution is 6.14. The summed E-state index contributed by atoms with van der Waals surface area (Å²) in [5.74, 6) is -4.40. The number of hydrogen-bond donors (Lipinski definition) is 1. The quantitative estimate of drug-likeness (QED) is 0.291. The number of hydrogen-bond acceptors (Lipinski definition) is 6. The standard InChI is InChI=1S/C27H18F6O6/c1-2-12-3-4-15(26(28,29)30)11-20(12)25(27(31,32)33,13-5-7-16-18(9-13)23(36)38-21(16)34)14-6-8-17-19(10-14)24(37)39-22(17)35/h4-12,21,34H,2-3H2,1H3. The summed E-state index contributed by atoms with van der Waals surface area (Å²) < 4.78 is 97.5. The van der Waals surface area contributed by atoms with Gasteiger partial charge in [-0.05, 0) is 59.7 Å². The van der Waals surface area contributed by atoms with Crippen molar-refractivity contribution in [1.82, 2.24) is 0 Å². The number of rotatable bonds is 4. The highest BCUT2D eigenvalue weighted by Crippen LogP contribution is 2.57. The molecule has 12 heteroatoms. The number of allylic oxidation sites excluding steroid dienone is 4. The number of cyclic esters (lactones) is 3. The molecule has 2 aromatic rings. The Hall–Kier alpha value is -3.93. The number of carbonyl (C=O) groups is 3. The van der Waals surface area contributed by atoms with Crippen LogP contribution < -0.4 is 0 Å². The molecular weight excluding hydrogens is 534 g/mol. The predicted molar refractivity (Wildman–Crippen MR) is 120 cm³/mol. The van der Waals surface area contributed by atoms with Gasteiger partial charge in [0.1, 0.15) is 5.41 Å². The summed E-state index contributed by atoms with van der Waals surface area (Å²) in [5.41, 5.74) is -7.78. The Morgan fingerprint density at radius 2 is 1.49 bits per heavy atom. The SMILES string of the molecule is CCC1CC=C(C(F)(F)F)C=C1C(c1ccc2c(c1)C(=O)OC2=O)(c1ccc2c(c1)C(=O)OC2O)C(F)(F)F. The van der Waals surface area contributed by atoms with E-state index in [1.165, 1.54) is 6.92 Å². The summed E-state index contributed by atoms with van der Waals surface area (Å²) >= 11 is 0. The lowest BCUT2D eigenvalue weighted by atomic mass is 9.62. The van der Waals surface area contributed by atoms with E-state index in [4.69, 9.17) is 4.74 Å². The lowest BCUT2D eigenvalue weighted by Gasteiger charge is -2.43. The van der Waals surface area contributed by atoms with Crippen LogP contribution in [0.15, 0.2) is 59.7 Å². The van der Waals surface area contributed by atoms with Crippen molar-refractivity contribution in [3.63, 3.8) is 0 Å². The molecule has 0 amide bonds. The largest absolute Gasteiger partial charge is 0.428 e. The van der Waals surface area contributed by atoms with Crippen molar-refractivity contribution in [3.8, 4) is 0 Å². The first-order valence-electron chi connectivity index (χ1n) is 11.7. The fraction of sp³-hybridized carbons (Fsp3) is 0.296. The Labute approximate surface area is 216 Å². The van der Waals surface area contributed by atoms with Gasteiger partial charge in [-0.2, -0.15) is 26.3 Å². The van der Waals surface area contributed by atoms with Gasteiger partial charge in [0.25, 0.3) is 0 Å². The number of fused-ring (bicyclic) bond motifs is 2. The molecular formula is C27H18F6O6. The molecule has 39 heavy (non-hydrogen) atoms. The fourth-order valence-corrected chi connectivity index (χ4v) is 5.46. The molecule has 0 aromatic heterocycles. The molecule has 0 saturated heterocycles. The van der Waals surface area contributed by atoms with Crippen LogP contribution in [0.25, 0.3) is 0 Å². The van der Waals surface area contributed by atoms with Crippen LogP contribution in [-0.4, -0.2) is 35.4 Å². The Morgan fingerprint density at radius 1 is 0.872 bits per heavy atom. The third-order valence-electron chi connectivity index (χ3n) is 7.32. The van der Waals surface area contributed by atoms with Gasteiger partial charge in [0, 0.05) is 5.56 Å². The van der Waals surface area contributed by atoms with Gasteiger partial charge in [-0.25, -0.2) is 14.4 Å². The summed E-state index contributed by atoms with van der Waals surface area (Å²) in [6.45, 7) is 1.53. The normalized spacial score (nSPS) is 22.4. The van der Waals surface area contributed by atoms with Gasteiger partial charge >= 0.3 is 30.3 Å². The number of halogens is 6. The molecule has 1 N–H and O–H groups in total. The van der Waals surface area contributed by atoms with Crippen molar-refractivity contribution >= 4 is 17.9 Å². The monoisotopic (exact) mass is 552 g/mol. The van der Waals surface area contributed by atoms with Gasteiger partial charge in [-0.1, -0.05) is 31.2 Å². The van der Waals surface area contributed by atoms with E-state index in [0.29, 0.717) is 6.08 Å². The van der Waals surface area contributed by atoms with Crippen LogP contribution in [0.5, 0.6) is 0 Å².